The van der Waals surface area contributed by atoms with E-state index in [0.29, 0.717) is 27.1 Å². The van der Waals surface area contributed by atoms with Crippen LogP contribution in [-0.4, -0.2) is 22.1 Å². The van der Waals surface area contributed by atoms with Crippen LogP contribution in [0.1, 0.15) is 5.56 Å². The van der Waals surface area contributed by atoms with Crippen LogP contribution in [0.3, 0.4) is 0 Å². The zero-order valence-corrected chi connectivity index (χ0v) is 15.3. The zero-order chi connectivity index (χ0) is 18.5. The molecule has 130 valence electrons. The minimum Gasteiger partial charge on any atom is -0.308 e. The Kier molecular flexibility index (Phi) is 5.46. The Bertz CT molecular complexity index is 981. The summed E-state index contributed by atoms with van der Waals surface area (Å²) in [5.41, 5.74) is 1.59. The number of thioether (sulfide) groups is 1. The minimum atomic E-state index is -0.492. The van der Waals surface area contributed by atoms with E-state index in [1.807, 2.05) is 36.6 Å². The molecular weight excluding hydrogens is 370 g/mol. The van der Waals surface area contributed by atoms with Crippen molar-refractivity contribution in [3.05, 3.63) is 65.2 Å². The number of amides is 2. The quantitative estimate of drug-likeness (QED) is 0.636. The number of para-hydroxylation sites is 1. The molecule has 0 unspecified atom stereocenters. The first-order valence-corrected chi connectivity index (χ1v) is 9.18. The monoisotopic (exact) mass is 383 g/mol. The summed E-state index contributed by atoms with van der Waals surface area (Å²) < 4.78 is 1.54. The van der Waals surface area contributed by atoms with E-state index in [2.05, 4.69) is 21.8 Å². The molecule has 1 aromatic heterocycles. The van der Waals surface area contributed by atoms with Gasteiger partial charge in [-0.25, -0.2) is 9.48 Å². The molecule has 0 radical (unpaired) electrons. The van der Waals surface area contributed by atoms with Gasteiger partial charge in [-0.05, 0) is 36.6 Å². The van der Waals surface area contributed by atoms with E-state index in [4.69, 9.17) is 11.6 Å². The molecule has 0 aliphatic carbocycles. The minimum absolute atomic E-state index is 0.308. The molecule has 0 aliphatic heterocycles. The number of hydrogen-bond donors (Lipinski definition) is 2. The summed E-state index contributed by atoms with van der Waals surface area (Å²) in [4.78, 5) is 12.4. The summed E-state index contributed by atoms with van der Waals surface area (Å²) in [6.45, 7) is 0. The highest BCUT2D eigenvalue weighted by Gasteiger charge is 2.20. The van der Waals surface area contributed by atoms with E-state index in [0.717, 1.165) is 5.69 Å². The number of hydrogen-bond acceptors (Lipinski definition) is 4. The maximum atomic E-state index is 12.4. The molecule has 6 nitrogen and oxygen atoms in total. The number of carbonyl (C=O) groups is 1. The number of halogens is 1. The van der Waals surface area contributed by atoms with E-state index in [1.165, 1.54) is 11.8 Å². The Morgan fingerprint density at radius 2 is 1.96 bits per heavy atom. The Hall–Kier alpha value is -2.95. The molecule has 8 heteroatoms. The Morgan fingerprint density at radius 3 is 2.62 bits per heavy atom. The third-order valence-corrected chi connectivity index (χ3v) is 4.38. The van der Waals surface area contributed by atoms with Gasteiger partial charge in [0, 0.05) is 10.7 Å². The number of nitrogens with one attached hydrogen (secondary N) is 2. The molecule has 0 atom stereocenters. The number of carbonyl (C=O) groups excluding carboxylic acids is 1. The maximum absolute atomic E-state index is 12.4. The number of nitriles is 1. The summed E-state index contributed by atoms with van der Waals surface area (Å²) in [5, 5.41) is 20.4. The van der Waals surface area contributed by atoms with Crippen molar-refractivity contribution >= 4 is 40.9 Å². The van der Waals surface area contributed by atoms with E-state index >= 15 is 0 Å². The van der Waals surface area contributed by atoms with Gasteiger partial charge in [0.15, 0.2) is 5.82 Å². The highest BCUT2D eigenvalue weighted by molar-refractivity contribution is 7.98. The molecule has 26 heavy (non-hydrogen) atoms. The summed E-state index contributed by atoms with van der Waals surface area (Å²) >= 11 is 7.27. The van der Waals surface area contributed by atoms with Crippen LogP contribution in [0, 0.1) is 11.3 Å². The van der Waals surface area contributed by atoms with Crippen LogP contribution in [0.5, 0.6) is 0 Å². The lowest BCUT2D eigenvalue weighted by atomic mass is 10.3. The number of nitrogens with zero attached hydrogens (tertiary/aromatic N) is 3. The predicted octanol–water partition coefficient (Wildman–Crippen LogP) is 4.76. The smallest absolute Gasteiger partial charge is 0.308 e. The molecule has 2 amide bonds. The largest absolute Gasteiger partial charge is 0.324 e. The van der Waals surface area contributed by atoms with Crippen LogP contribution in [0.4, 0.5) is 16.3 Å². The Balaban J connectivity index is 1.94. The van der Waals surface area contributed by atoms with Gasteiger partial charge in [0.1, 0.15) is 16.7 Å². The number of aromatic nitrogens is 2. The summed E-state index contributed by atoms with van der Waals surface area (Å²) in [7, 11) is 0. The Morgan fingerprint density at radius 1 is 1.19 bits per heavy atom. The fourth-order valence-corrected chi connectivity index (χ4v) is 3.05. The first-order chi connectivity index (χ1) is 12.6. The van der Waals surface area contributed by atoms with Crippen LogP contribution >= 0.6 is 23.4 Å². The predicted molar refractivity (Wildman–Crippen MR) is 104 cm³/mol. The van der Waals surface area contributed by atoms with Crippen molar-refractivity contribution in [1.29, 1.82) is 5.26 Å². The molecule has 0 aliphatic rings. The molecule has 2 N–H and O–H groups in total. The second kappa shape index (κ2) is 7.95. The van der Waals surface area contributed by atoms with Gasteiger partial charge in [-0.2, -0.15) is 10.4 Å². The maximum Gasteiger partial charge on any atom is 0.324 e. The average Bonchev–Trinajstić information content (AvgIpc) is 2.99. The van der Waals surface area contributed by atoms with Crippen molar-refractivity contribution in [3.63, 3.8) is 0 Å². The van der Waals surface area contributed by atoms with Gasteiger partial charge in [0.05, 0.1) is 5.69 Å². The van der Waals surface area contributed by atoms with Crippen molar-refractivity contribution in [3.8, 4) is 11.8 Å². The fourth-order valence-electron chi connectivity index (χ4n) is 2.35. The molecule has 0 saturated carbocycles. The van der Waals surface area contributed by atoms with Crippen LogP contribution in [0.2, 0.25) is 5.02 Å². The summed E-state index contributed by atoms with van der Waals surface area (Å²) in [5.74, 6) is 0.308. The zero-order valence-electron chi connectivity index (χ0n) is 13.7. The van der Waals surface area contributed by atoms with Gasteiger partial charge >= 0.3 is 6.03 Å². The fraction of sp³-hybridized carbons (Fsp3) is 0.0556. The van der Waals surface area contributed by atoms with Gasteiger partial charge in [-0.3, -0.25) is 5.32 Å². The normalized spacial score (nSPS) is 10.2. The van der Waals surface area contributed by atoms with Crippen LogP contribution in [0.15, 0.2) is 59.6 Å². The van der Waals surface area contributed by atoms with E-state index < -0.39 is 6.03 Å². The second-order valence-electron chi connectivity index (χ2n) is 5.18. The lowest BCUT2D eigenvalue weighted by Crippen LogP contribution is -2.21. The SMILES string of the molecule is CSc1nn(-c2ccccc2)c(NC(=O)Nc2cccc(Cl)c2)c1C#N. The van der Waals surface area contributed by atoms with E-state index in [9.17, 15) is 10.1 Å². The molecule has 0 saturated heterocycles. The molecule has 0 spiro atoms. The molecule has 0 fully saturated rings. The molecule has 3 rings (SSSR count). The average molecular weight is 384 g/mol. The molecule has 0 bridgehead atoms. The highest BCUT2D eigenvalue weighted by atomic mass is 35.5. The van der Waals surface area contributed by atoms with Gasteiger partial charge < -0.3 is 5.32 Å². The van der Waals surface area contributed by atoms with Crippen molar-refractivity contribution in [2.24, 2.45) is 0 Å². The first kappa shape index (κ1) is 17.9. The van der Waals surface area contributed by atoms with Gasteiger partial charge in [0.2, 0.25) is 0 Å². The lowest BCUT2D eigenvalue weighted by molar-refractivity contribution is 0.262. The standard InChI is InChI=1S/C18H14ClN5OS/c1-26-17-15(11-20)16(24(23-17)14-8-3-2-4-9-14)22-18(25)21-13-7-5-6-12(19)10-13/h2-10H,1H3,(H2,21,22,25). The number of urea groups is 1. The first-order valence-electron chi connectivity index (χ1n) is 7.58. The van der Waals surface area contributed by atoms with Crippen LogP contribution < -0.4 is 10.6 Å². The second-order valence-corrected chi connectivity index (χ2v) is 6.41. The van der Waals surface area contributed by atoms with E-state index in [-0.39, 0.29) is 0 Å². The Labute approximate surface area is 159 Å². The molecule has 2 aromatic carbocycles. The van der Waals surface area contributed by atoms with Crippen LogP contribution in [-0.2, 0) is 0 Å². The number of benzene rings is 2. The van der Waals surface area contributed by atoms with Crippen molar-refractivity contribution in [2.45, 2.75) is 5.03 Å². The number of rotatable bonds is 4. The lowest BCUT2D eigenvalue weighted by Gasteiger charge is -2.10. The number of anilines is 2. The van der Waals surface area contributed by atoms with Crippen molar-refractivity contribution < 1.29 is 4.79 Å². The summed E-state index contributed by atoms with van der Waals surface area (Å²) in [6, 6.07) is 17.7. The van der Waals surface area contributed by atoms with E-state index in [1.54, 1.807) is 28.9 Å². The third kappa shape index (κ3) is 3.82. The van der Waals surface area contributed by atoms with Crippen LogP contribution in [0.25, 0.3) is 5.69 Å². The summed E-state index contributed by atoms with van der Waals surface area (Å²) in [6.07, 6.45) is 1.83. The van der Waals surface area contributed by atoms with Crippen molar-refractivity contribution in [2.75, 3.05) is 16.9 Å². The molecule has 1 heterocycles. The highest BCUT2D eigenvalue weighted by Crippen LogP contribution is 2.29. The molecule has 3 aromatic rings. The van der Waals surface area contributed by atoms with Gasteiger partial charge in [0.25, 0.3) is 0 Å². The third-order valence-electron chi connectivity index (χ3n) is 3.47. The van der Waals surface area contributed by atoms with Crippen molar-refractivity contribution in [1.82, 2.24) is 9.78 Å². The van der Waals surface area contributed by atoms with Gasteiger partial charge in [-0.15, -0.1) is 11.8 Å². The molecular formula is C18H14ClN5OS. The topological polar surface area (TPSA) is 82.7 Å². The van der Waals surface area contributed by atoms with Gasteiger partial charge in [-0.1, -0.05) is 35.9 Å².